The highest BCUT2D eigenvalue weighted by molar-refractivity contribution is 7.88. The molecule has 13 heteroatoms. The number of carboxylic acids is 1. The van der Waals surface area contributed by atoms with Crippen molar-refractivity contribution < 1.29 is 45.2 Å². The van der Waals surface area contributed by atoms with Gasteiger partial charge in [0.05, 0.1) is 6.42 Å². The zero-order valence-corrected chi connectivity index (χ0v) is 23.1. The standard InChI is InChI=1S/C27H25ClF3NO7S/c1-26(2,3)14-32-20-10-8-15(28)12-19(20)24(38-22(25(32)35)13-23(33)34)18-9-11-21(17-7-5-4-6-16(17)18)39-40(36,37)27(29,30)31/h4-12,22,24H,13-14H2,1-3H3,(H,33,34)/t22-,24-/m0/s1. The van der Waals surface area contributed by atoms with E-state index < -0.39 is 57.3 Å². The molecule has 1 aliphatic rings. The fraction of sp³-hybridized carbons (Fsp3) is 0.333. The monoisotopic (exact) mass is 599 g/mol. The largest absolute Gasteiger partial charge is 0.534 e. The number of halogens is 4. The van der Waals surface area contributed by atoms with Crippen LogP contribution < -0.4 is 9.08 Å². The quantitative estimate of drug-likeness (QED) is 0.271. The smallest absolute Gasteiger partial charge is 0.481 e. The first kappa shape index (κ1) is 29.6. The Morgan fingerprint density at radius 3 is 2.30 bits per heavy atom. The molecule has 0 fully saturated rings. The van der Waals surface area contributed by atoms with E-state index in [1.165, 1.54) is 29.2 Å². The summed E-state index contributed by atoms with van der Waals surface area (Å²) in [4.78, 5) is 26.8. The van der Waals surface area contributed by atoms with Crippen LogP contribution in [0.3, 0.4) is 0 Å². The van der Waals surface area contributed by atoms with Gasteiger partial charge < -0.3 is 18.9 Å². The normalized spacial score (nSPS) is 18.4. The molecule has 0 unspecified atom stereocenters. The molecule has 3 aromatic carbocycles. The third kappa shape index (κ3) is 6.03. The molecule has 0 aromatic heterocycles. The fourth-order valence-electron chi connectivity index (χ4n) is 4.50. The van der Waals surface area contributed by atoms with Gasteiger partial charge in [-0.2, -0.15) is 21.6 Å². The van der Waals surface area contributed by atoms with Crippen LogP contribution in [0.15, 0.2) is 54.6 Å². The second kappa shape index (κ2) is 10.6. The zero-order chi connectivity index (χ0) is 29.6. The summed E-state index contributed by atoms with van der Waals surface area (Å²) < 4.78 is 73.3. The predicted molar refractivity (Wildman–Crippen MR) is 142 cm³/mol. The van der Waals surface area contributed by atoms with Crippen molar-refractivity contribution in [2.75, 3.05) is 11.4 Å². The van der Waals surface area contributed by atoms with Gasteiger partial charge in [0.25, 0.3) is 5.91 Å². The second-order valence-corrected chi connectivity index (χ2v) is 12.4. The Morgan fingerprint density at radius 1 is 1.05 bits per heavy atom. The molecule has 0 saturated carbocycles. The molecule has 3 aromatic rings. The van der Waals surface area contributed by atoms with Gasteiger partial charge >= 0.3 is 21.6 Å². The highest BCUT2D eigenvalue weighted by atomic mass is 35.5. The lowest BCUT2D eigenvalue weighted by Gasteiger charge is -2.31. The lowest BCUT2D eigenvalue weighted by atomic mass is 9.92. The lowest BCUT2D eigenvalue weighted by Crippen LogP contribution is -2.44. The first-order valence-electron chi connectivity index (χ1n) is 12.0. The topological polar surface area (TPSA) is 110 Å². The van der Waals surface area contributed by atoms with Gasteiger partial charge in [0.1, 0.15) is 12.2 Å². The third-order valence-corrected chi connectivity index (χ3v) is 7.28. The Kier molecular flexibility index (Phi) is 7.83. The van der Waals surface area contributed by atoms with Crippen LogP contribution in [0, 0.1) is 5.41 Å². The van der Waals surface area contributed by atoms with Gasteiger partial charge in [-0.25, -0.2) is 0 Å². The molecule has 40 heavy (non-hydrogen) atoms. The predicted octanol–water partition coefficient (Wildman–Crippen LogP) is 6.06. The van der Waals surface area contributed by atoms with Crippen molar-refractivity contribution in [3.63, 3.8) is 0 Å². The fourth-order valence-corrected chi connectivity index (χ4v) is 5.16. The number of alkyl halides is 3. The average molecular weight is 600 g/mol. The van der Waals surface area contributed by atoms with E-state index in [2.05, 4.69) is 4.18 Å². The molecule has 1 amide bonds. The average Bonchev–Trinajstić information content (AvgIpc) is 2.93. The van der Waals surface area contributed by atoms with E-state index >= 15 is 0 Å². The molecule has 0 bridgehead atoms. The molecule has 0 aliphatic carbocycles. The van der Waals surface area contributed by atoms with Crippen molar-refractivity contribution in [2.45, 2.75) is 44.9 Å². The highest BCUT2D eigenvalue weighted by Gasteiger charge is 2.49. The van der Waals surface area contributed by atoms with Gasteiger partial charge in [-0.1, -0.05) is 62.7 Å². The van der Waals surface area contributed by atoms with Crippen LogP contribution in [0.5, 0.6) is 5.75 Å². The van der Waals surface area contributed by atoms with Crippen LogP contribution in [-0.4, -0.2) is 43.6 Å². The van der Waals surface area contributed by atoms with Crippen LogP contribution in [0.4, 0.5) is 18.9 Å². The van der Waals surface area contributed by atoms with Gasteiger partial charge in [-0.15, -0.1) is 0 Å². The number of rotatable bonds is 6. The minimum Gasteiger partial charge on any atom is -0.481 e. The number of carboxylic acid groups (broad SMARTS) is 1. The summed E-state index contributed by atoms with van der Waals surface area (Å²) in [6.45, 7) is 5.95. The summed E-state index contributed by atoms with van der Waals surface area (Å²) in [5.74, 6) is -2.42. The van der Waals surface area contributed by atoms with Gasteiger partial charge in [0.15, 0.2) is 5.75 Å². The van der Waals surface area contributed by atoms with Crippen molar-refractivity contribution in [1.29, 1.82) is 0 Å². The van der Waals surface area contributed by atoms with Crippen LogP contribution >= 0.6 is 11.6 Å². The maximum atomic E-state index is 13.7. The van der Waals surface area contributed by atoms with E-state index in [9.17, 15) is 36.3 Å². The van der Waals surface area contributed by atoms with E-state index in [4.69, 9.17) is 16.3 Å². The van der Waals surface area contributed by atoms with Gasteiger partial charge in [0.2, 0.25) is 0 Å². The number of aliphatic carboxylic acids is 1. The molecule has 1 heterocycles. The number of carbonyl (C=O) groups is 2. The third-order valence-electron chi connectivity index (χ3n) is 6.08. The Morgan fingerprint density at radius 2 is 1.70 bits per heavy atom. The number of carbonyl (C=O) groups excluding carboxylic acids is 1. The first-order valence-corrected chi connectivity index (χ1v) is 13.8. The summed E-state index contributed by atoms with van der Waals surface area (Å²) in [5, 5.41) is 10.1. The summed E-state index contributed by atoms with van der Waals surface area (Å²) in [6.07, 6.45) is -3.18. The second-order valence-electron chi connectivity index (χ2n) is 10.5. The molecule has 1 aliphatic heterocycles. The Hall–Kier alpha value is -3.35. The molecule has 8 nitrogen and oxygen atoms in total. The number of nitrogens with zero attached hydrogens (tertiary/aromatic N) is 1. The molecule has 2 atom stereocenters. The first-order chi connectivity index (χ1) is 18.5. The molecule has 0 radical (unpaired) electrons. The molecule has 214 valence electrons. The van der Waals surface area contributed by atoms with Crippen LogP contribution in [0.1, 0.15) is 44.4 Å². The van der Waals surface area contributed by atoms with Crippen molar-refractivity contribution in [3.8, 4) is 5.75 Å². The van der Waals surface area contributed by atoms with E-state index in [1.54, 1.807) is 24.3 Å². The van der Waals surface area contributed by atoms with Crippen LogP contribution in [0.25, 0.3) is 10.8 Å². The summed E-state index contributed by atoms with van der Waals surface area (Å²) in [6, 6.07) is 13.1. The maximum Gasteiger partial charge on any atom is 0.534 e. The zero-order valence-electron chi connectivity index (χ0n) is 21.5. The minimum absolute atomic E-state index is 0.0249. The summed E-state index contributed by atoms with van der Waals surface area (Å²) in [7, 11) is -5.96. The van der Waals surface area contributed by atoms with Crippen molar-refractivity contribution in [3.05, 3.63) is 70.7 Å². The van der Waals surface area contributed by atoms with Gasteiger partial charge in [-0.05, 0) is 40.6 Å². The molecular weight excluding hydrogens is 575 g/mol. The summed E-state index contributed by atoms with van der Waals surface area (Å²) >= 11 is 6.33. The number of hydrogen-bond donors (Lipinski definition) is 1. The van der Waals surface area contributed by atoms with E-state index in [-0.39, 0.29) is 17.3 Å². The minimum atomic E-state index is -5.96. The lowest BCUT2D eigenvalue weighted by molar-refractivity contribution is -0.147. The molecule has 4 rings (SSSR count). The van der Waals surface area contributed by atoms with Gasteiger partial charge in [0, 0.05) is 28.2 Å². The summed E-state index contributed by atoms with van der Waals surface area (Å²) in [5.41, 5.74) is -4.87. The number of amides is 1. The molecule has 0 saturated heterocycles. The van der Waals surface area contributed by atoms with E-state index in [1.807, 2.05) is 20.8 Å². The SMILES string of the molecule is CC(C)(C)CN1C(=O)[C@H](CC(=O)O)O[C@@H](c2ccc(OS(=O)(=O)C(F)(F)F)c3ccccc23)c2cc(Cl)ccc21. The molecule has 0 spiro atoms. The van der Waals surface area contributed by atoms with Gasteiger partial charge in [-0.3, -0.25) is 9.59 Å². The van der Waals surface area contributed by atoms with Crippen molar-refractivity contribution >= 4 is 50.1 Å². The van der Waals surface area contributed by atoms with E-state index in [0.29, 0.717) is 21.8 Å². The number of benzene rings is 3. The Labute approximate surface area is 233 Å². The van der Waals surface area contributed by atoms with Crippen molar-refractivity contribution in [2.24, 2.45) is 5.41 Å². The van der Waals surface area contributed by atoms with Crippen LogP contribution in [0.2, 0.25) is 5.02 Å². The number of fused-ring (bicyclic) bond motifs is 2. The Balaban J connectivity index is 1.95. The molecular formula is C27H25ClF3NO7S. The van der Waals surface area contributed by atoms with E-state index in [0.717, 1.165) is 6.07 Å². The number of ether oxygens (including phenoxy) is 1. The Bertz CT molecular complexity index is 1590. The maximum absolute atomic E-state index is 13.7. The number of hydrogen-bond acceptors (Lipinski definition) is 6. The molecule has 1 N–H and O–H groups in total. The highest BCUT2D eigenvalue weighted by Crippen LogP contribution is 2.44. The van der Waals surface area contributed by atoms with Crippen LogP contribution in [-0.2, 0) is 24.4 Å². The van der Waals surface area contributed by atoms with Crippen molar-refractivity contribution in [1.82, 2.24) is 0 Å². The number of anilines is 1.